The quantitative estimate of drug-likeness (QED) is 0.359. The number of anilines is 2. The van der Waals surface area contributed by atoms with Crippen molar-refractivity contribution >= 4 is 23.4 Å². The SMILES string of the molecule is CC(=O)N(Cc1cc(C(F)(F)F)cc(C(F)(F)F)c1)C1CCCN(C(=O)OC(C)C)c2ccc(N)cc21. The molecule has 2 amide bonds. The molecule has 0 bridgehead atoms. The monoisotopic (exact) mass is 531 g/mol. The Morgan fingerprint density at radius 1 is 1.05 bits per heavy atom. The molecule has 2 aromatic carbocycles. The summed E-state index contributed by atoms with van der Waals surface area (Å²) >= 11 is 0. The topological polar surface area (TPSA) is 75.9 Å². The van der Waals surface area contributed by atoms with Crippen LogP contribution in [0, 0.1) is 0 Å². The summed E-state index contributed by atoms with van der Waals surface area (Å²) in [7, 11) is 0. The van der Waals surface area contributed by atoms with Gasteiger partial charge in [-0.05, 0) is 68.7 Å². The van der Waals surface area contributed by atoms with Crippen molar-refractivity contribution in [2.24, 2.45) is 0 Å². The molecule has 2 N–H and O–H groups in total. The van der Waals surface area contributed by atoms with Gasteiger partial charge >= 0.3 is 18.4 Å². The Morgan fingerprint density at radius 3 is 2.16 bits per heavy atom. The van der Waals surface area contributed by atoms with Crippen LogP contribution in [0.25, 0.3) is 0 Å². The number of nitrogen functional groups attached to an aromatic ring is 1. The largest absolute Gasteiger partial charge is 0.446 e. The number of carbonyl (C=O) groups excluding carboxylic acids is 2. The summed E-state index contributed by atoms with van der Waals surface area (Å²) in [6.07, 6.45) is -10.4. The number of nitrogens with two attached hydrogens (primary N) is 1. The smallest absolute Gasteiger partial charge is 0.416 e. The van der Waals surface area contributed by atoms with Gasteiger partial charge in [-0.2, -0.15) is 26.3 Å². The standard InChI is InChI=1S/C25H27F6N3O3/c1-14(2)37-23(36)33-8-4-5-21(20-12-19(32)6-7-22(20)33)34(15(3)35)13-16-9-17(24(26,27)28)11-18(10-16)25(29,30)31/h6-7,9-12,14,21H,4-5,8,13,32H2,1-3H3. The fraction of sp³-hybridized carbons (Fsp3) is 0.440. The predicted octanol–water partition coefficient (Wildman–Crippen LogP) is 6.54. The van der Waals surface area contributed by atoms with E-state index in [2.05, 4.69) is 0 Å². The molecule has 3 rings (SSSR count). The highest BCUT2D eigenvalue weighted by molar-refractivity contribution is 5.90. The van der Waals surface area contributed by atoms with Crippen LogP contribution in [-0.2, 0) is 28.4 Å². The van der Waals surface area contributed by atoms with Crippen LogP contribution in [0.1, 0.15) is 61.9 Å². The number of halogens is 6. The van der Waals surface area contributed by atoms with Crippen molar-refractivity contribution in [2.75, 3.05) is 17.2 Å². The van der Waals surface area contributed by atoms with Gasteiger partial charge in [0.15, 0.2) is 0 Å². The summed E-state index contributed by atoms with van der Waals surface area (Å²) in [6.45, 7) is 4.26. The molecule has 202 valence electrons. The van der Waals surface area contributed by atoms with Crippen LogP contribution in [0.5, 0.6) is 0 Å². The molecule has 0 spiro atoms. The molecule has 0 aliphatic carbocycles. The molecule has 0 saturated carbocycles. The molecule has 1 aliphatic heterocycles. The van der Waals surface area contributed by atoms with Crippen LogP contribution >= 0.6 is 0 Å². The first-order chi connectivity index (χ1) is 17.1. The van der Waals surface area contributed by atoms with Crippen LogP contribution in [0.4, 0.5) is 42.5 Å². The second-order valence-electron chi connectivity index (χ2n) is 9.12. The number of rotatable bonds is 4. The van der Waals surface area contributed by atoms with Gasteiger partial charge < -0.3 is 15.4 Å². The van der Waals surface area contributed by atoms with Gasteiger partial charge in [-0.3, -0.25) is 9.69 Å². The zero-order valence-electron chi connectivity index (χ0n) is 20.4. The Morgan fingerprint density at radius 2 is 1.65 bits per heavy atom. The average Bonchev–Trinajstić information content (AvgIpc) is 2.94. The van der Waals surface area contributed by atoms with Crippen molar-refractivity contribution in [1.29, 1.82) is 0 Å². The Kier molecular flexibility index (Phi) is 7.99. The number of benzene rings is 2. The first kappa shape index (κ1) is 28.1. The first-order valence-electron chi connectivity index (χ1n) is 11.5. The second-order valence-corrected chi connectivity index (χ2v) is 9.12. The van der Waals surface area contributed by atoms with Crippen molar-refractivity contribution in [3.8, 4) is 0 Å². The molecule has 1 aliphatic rings. The van der Waals surface area contributed by atoms with E-state index in [9.17, 15) is 35.9 Å². The molecule has 12 heteroatoms. The summed E-state index contributed by atoms with van der Waals surface area (Å²) < 4.78 is 85.6. The van der Waals surface area contributed by atoms with Gasteiger partial charge in [-0.1, -0.05) is 0 Å². The van der Waals surface area contributed by atoms with E-state index >= 15 is 0 Å². The molecule has 0 aromatic heterocycles. The summed E-state index contributed by atoms with van der Waals surface area (Å²) in [5, 5.41) is 0. The van der Waals surface area contributed by atoms with Gasteiger partial charge in [0.1, 0.15) is 0 Å². The van der Waals surface area contributed by atoms with Gasteiger partial charge in [-0.25, -0.2) is 4.79 Å². The van der Waals surface area contributed by atoms with E-state index in [1.807, 2.05) is 0 Å². The van der Waals surface area contributed by atoms with Crippen LogP contribution < -0.4 is 10.6 Å². The number of ether oxygens (including phenoxy) is 1. The Labute approximate surface area is 210 Å². The molecule has 2 aromatic rings. The highest BCUT2D eigenvalue weighted by Gasteiger charge is 2.38. The number of hydrogen-bond donors (Lipinski definition) is 1. The molecule has 0 saturated heterocycles. The molecule has 0 fully saturated rings. The molecule has 1 unspecified atom stereocenters. The molecule has 37 heavy (non-hydrogen) atoms. The maximum absolute atomic E-state index is 13.4. The van der Waals surface area contributed by atoms with Crippen molar-refractivity contribution in [1.82, 2.24) is 4.90 Å². The van der Waals surface area contributed by atoms with Gasteiger partial charge in [0.05, 0.1) is 29.0 Å². The molecule has 1 atom stereocenters. The van der Waals surface area contributed by atoms with Crippen LogP contribution in [0.2, 0.25) is 0 Å². The van der Waals surface area contributed by atoms with Crippen molar-refractivity contribution in [3.05, 3.63) is 58.7 Å². The highest BCUT2D eigenvalue weighted by atomic mass is 19.4. The normalized spacial score (nSPS) is 16.3. The number of fused-ring (bicyclic) bond motifs is 1. The van der Waals surface area contributed by atoms with Gasteiger partial charge in [0.2, 0.25) is 5.91 Å². The lowest BCUT2D eigenvalue weighted by Gasteiger charge is -2.32. The van der Waals surface area contributed by atoms with E-state index < -0.39 is 54.2 Å². The van der Waals surface area contributed by atoms with E-state index in [0.717, 1.165) is 0 Å². The highest BCUT2D eigenvalue weighted by Crippen LogP contribution is 2.41. The van der Waals surface area contributed by atoms with Crippen molar-refractivity contribution < 1.29 is 40.7 Å². The molecular weight excluding hydrogens is 504 g/mol. The maximum atomic E-state index is 13.4. The number of hydrogen-bond acceptors (Lipinski definition) is 4. The molecule has 1 heterocycles. The zero-order valence-corrected chi connectivity index (χ0v) is 20.4. The number of amides is 2. The van der Waals surface area contributed by atoms with E-state index in [1.165, 1.54) is 16.7 Å². The van der Waals surface area contributed by atoms with Crippen LogP contribution in [-0.4, -0.2) is 29.5 Å². The third kappa shape index (κ3) is 6.66. The third-order valence-electron chi connectivity index (χ3n) is 5.90. The van der Waals surface area contributed by atoms with Crippen LogP contribution in [0.3, 0.4) is 0 Å². The van der Waals surface area contributed by atoms with E-state index in [-0.39, 0.29) is 24.6 Å². The lowest BCUT2D eigenvalue weighted by molar-refractivity contribution is -0.143. The Bertz CT molecular complexity index is 1130. The van der Waals surface area contributed by atoms with Gasteiger partial charge in [-0.15, -0.1) is 0 Å². The number of nitrogens with zero attached hydrogens (tertiary/aromatic N) is 2. The predicted molar refractivity (Wildman–Crippen MR) is 124 cm³/mol. The minimum Gasteiger partial charge on any atom is -0.446 e. The fourth-order valence-corrected chi connectivity index (χ4v) is 4.33. The lowest BCUT2D eigenvalue weighted by Crippen LogP contribution is -2.34. The second kappa shape index (κ2) is 10.5. The fourth-order valence-electron chi connectivity index (χ4n) is 4.33. The summed E-state index contributed by atoms with van der Waals surface area (Å²) in [6, 6.07) is 5.16. The number of carbonyl (C=O) groups is 2. The molecular formula is C25H27F6N3O3. The summed E-state index contributed by atoms with van der Waals surface area (Å²) in [4.78, 5) is 28.1. The molecule has 0 radical (unpaired) electrons. The third-order valence-corrected chi connectivity index (χ3v) is 5.90. The Balaban J connectivity index is 2.08. The minimum absolute atomic E-state index is 0.0431. The molecule has 6 nitrogen and oxygen atoms in total. The van der Waals surface area contributed by atoms with E-state index in [4.69, 9.17) is 10.5 Å². The van der Waals surface area contributed by atoms with E-state index in [0.29, 0.717) is 35.5 Å². The number of alkyl halides is 6. The van der Waals surface area contributed by atoms with Crippen LogP contribution in [0.15, 0.2) is 36.4 Å². The van der Waals surface area contributed by atoms with Gasteiger partial charge in [0.25, 0.3) is 0 Å². The van der Waals surface area contributed by atoms with E-state index in [1.54, 1.807) is 32.0 Å². The minimum atomic E-state index is -5.02. The lowest BCUT2D eigenvalue weighted by atomic mass is 9.97. The Hall–Kier alpha value is -3.44. The van der Waals surface area contributed by atoms with Crippen molar-refractivity contribution in [2.45, 2.75) is 64.7 Å². The van der Waals surface area contributed by atoms with Gasteiger partial charge in [0, 0.05) is 31.3 Å². The maximum Gasteiger partial charge on any atom is 0.416 e. The summed E-state index contributed by atoms with van der Waals surface area (Å²) in [5.74, 6) is -0.567. The first-order valence-corrected chi connectivity index (χ1v) is 11.5. The zero-order chi connectivity index (χ0) is 27.7. The summed E-state index contributed by atoms with van der Waals surface area (Å²) in [5.41, 5.74) is 3.86. The van der Waals surface area contributed by atoms with Crippen molar-refractivity contribution in [3.63, 3.8) is 0 Å². The average molecular weight is 531 g/mol.